The first-order valence-electron chi connectivity index (χ1n) is 7.15. The predicted molar refractivity (Wildman–Crippen MR) is 85.1 cm³/mol. The number of hydrogen-bond donors (Lipinski definition) is 3. The third-order valence-electron chi connectivity index (χ3n) is 3.80. The molecule has 0 radical (unpaired) electrons. The summed E-state index contributed by atoms with van der Waals surface area (Å²) in [4.78, 5) is 14.3. The van der Waals surface area contributed by atoms with Crippen molar-refractivity contribution in [1.29, 1.82) is 0 Å². The van der Waals surface area contributed by atoms with Crippen molar-refractivity contribution >= 4 is 21.6 Å². The van der Waals surface area contributed by atoms with Gasteiger partial charge in [-0.15, -0.1) is 0 Å². The minimum absolute atomic E-state index is 0.0102. The van der Waals surface area contributed by atoms with Gasteiger partial charge in [-0.25, -0.2) is 13.6 Å². The summed E-state index contributed by atoms with van der Waals surface area (Å²) in [6, 6.07) is 4.74. The number of anilines is 1. The molecule has 1 amide bonds. The summed E-state index contributed by atoms with van der Waals surface area (Å²) in [6.07, 6.45) is 0. The van der Waals surface area contributed by atoms with E-state index < -0.39 is 10.0 Å². The topological polar surface area (TPSA) is 105 Å². The number of nitrogens with one attached hydrogen (secondary N) is 2. The van der Waals surface area contributed by atoms with Crippen LogP contribution in [0.25, 0.3) is 0 Å². The maximum Gasteiger partial charge on any atom is 0.238 e. The first-order valence-corrected chi connectivity index (χ1v) is 8.70. The molecule has 1 atom stereocenters. The summed E-state index contributed by atoms with van der Waals surface area (Å²) < 4.78 is 22.8. The Kier molecular flexibility index (Phi) is 5.17. The zero-order chi connectivity index (χ0) is 16.3. The molecule has 4 N–H and O–H groups in total. The van der Waals surface area contributed by atoms with Crippen LogP contribution < -0.4 is 15.8 Å². The van der Waals surface area contributed by atoms with Crippen LogP contribution in [0.4, 0.5) is 5.69 Å². The van der Waals surface area contributed by atoms with Gasteiger partial charge in [-0.1, -0.05) is 6.07 Å². The fraction of sp³-hybridized carbons (Fsp3) is 0.500. The second-order valence-electron chi connectivity index (χ2n) is 5.59. The molecule has 1 aliphatic rings. The van der Waals surface area contributed by atoms with Crippen molar-refractivity contribution in [2.45, 2.75) is 24.8 Å². The monoisotopic (exact) mass is 326 g/mol. The molecule has 1 fully saturated rings. The van der Waals surface area contributed by atoms with Crippen LogP contribution in [0.3, 0.4) is 0 Å². The van der Waals surface area contributed by atoms with E-state index in [0.29, 0.717) is 5.69 Å². The quantitative estimate of drug-likeness (QED) is 0.715. The Morgan fingerprint density at radius 3 is 2.86 bits per heavy atom. The molecule has 1 saturated heterocycles. The number of carbonyl (C=O) groups is 1. The molecule has 7 nitrogen and oxygen atoms in total. The Labute approximate surface area is 130 Å². The van der Waals surface area contributed by atoms with E-state index in [9.17, 15) is 13.2 Å². The molecular weight excluding hydrogens is 304 g/mol. The summed E-state index contributed by atoms with van der Waals surface area (Å²) in [5.74, 6) is -0.164. The molecule has 1 aromatic carbocycles. The van der Waals surface area contributed by atoms with Crippen molar-refractivity contribution in [3.63, 3.8) is 0 Å². The summed E-state index contributed by atoms with van der Waals surface area (Å²) in [7, 11) is -3.78. The van der Waals surface area contributed by atoms with Crippen molar-refractivity contribution in [2.75, 3.05) is 31.5 Å². The van der Waals surface area contributed by atoms with Gasteiger partial charge in [0.15, 0.2) is 0 Å². The second kappa shape index (κ2) is 6.74. The molecule has 2 rings (SSSR count). The lowest BCUT2D eigenvalue weighted by atomic mass is 10.2. The van der Waals surface area contributed by atoms with Gasteiger partial charge in [-0.3, -0.25) is 9.69 Å². The number of sulfonamides is 1. The third-order valence-corrected chi connectivity index (χ3v) is 4.71. The van der Waals surface area contributed by atoms with Gasteiger partial charge in [0.2, 0.25) is 15.9 Å². The highest BCUT2D eigenvalue weighted by atomic mass is 32.2. The molecule has 0 saturated carbocycles. The maximum atomic E-state index is 12.2. The fourth-order valence-electron chi connectivity index (χ4n) is 2.40. The summed E-state index contributed by atoms with van der Waals surface area (Å²) in [5.41, 5.74) is 1.26. The van der Waals surface area contributed by atoms with E-state index in [2.05, 4.69) is 22.5 Å². The molecular formula is C14H22N4O3S. The van der Waals surface area contributed by atoms with Gasteiger partial charge in [0.05, 0.1) is 11.4 Å². The third kappa shape index (κ3) is 4.26. The highest BCUT2D eigenvalue weighted by Crippen LogP contribution is 2.19. The van der Waals surface area contributed by atoms with Crippen molar-refractivity contribution in [3.05, 3.63) is 23.8 Å². The van der Waals surface area contributed by atoms with E-state index in [0.717, 1.165) is 25.2 Å². The summed E-state index contributed by atoms with van der Waals surface area (Å²) in [5, 5.41) is 11.2. The number of aryl methyl sites for hydroxylation is 1. The molecule has 0 bridgehead atoms. The molecule has 0 aliphatic carbocycles. The molecule has 0 aromatic heterocycles. The SMILES string of the molecule is Cc1ccc(S(N)(=O)=O)cc1NC(=O)CN1CCNC[C@H]1C. The number of rotatable bonds is 4. The lowest BCUT2D eigenvalue weighted by Crippen LogP contribution is -2.52. The fourth-order valence-corrected chi connectivity index (χ4v) is 2.94. The van der Waals surface area contributed by atoms with Crippen LogP contribution in [0.2, 0.25) is 0 Å². The number of nitrogens with two attached hydrogens (primary N) is 1. The number of primary sulfonamides is 1. The van der Waals surface area contributed by atoms with Gasteiger partial charge in [-0.05, 0) is 31.5 Å². The van der Waals surface area contributed by atoms with Crippen LogP contribution in [0.5, 0.6) is 0 Å². The van der Waals surface area contributed by atoms with Crippen LogP contribution in [0.15, 0.2) is 23.1 Å². The van der Waals surface area contributed by atoms with E-state index in [1.165, 1.54) is 12.1 Å². The zero-order valence-electron chi connectivity index (χ0n) is 12.8. The lowest BCUT2D eigenvalue weighted by Gasteiger charge is -2.33. The van der Waals surface area contributed by atoms with Crippen LogP contribution in [-0.4, -0.2) is 51.4 Å². The second-order valence-corrected chi connectivity index (χ2v) is 7.15. The van der Waals surface area contributed by atoms with Crippen molar-refractivity contribution in [3.8, 4) is 0 Å². The molecule has 8 heteroatoms. The van der Waals surface area contributed by atoms with Crippen molar-refractivity contribution in [2.24, 2.45) is 5.14 Å². The van der Waals surface area contributed by atoms with Gasteiger partial charge in [-0.2, -0.15) is 0 Å². The molecule has 122 valence electrons. The highest BCUT2D eigenvalue weighted by molar-refractivity contribution is 7.89. The standard InChI is InChI=1S/C14H22N4O3S/c1-10-3-4-12(22(15,20)21)7-13(10)17-14(19)9-18-6-5-16-8-11(18)2/h3-4,7,11,16H,5-6,8-9H2,1-2H3,(H,17,19)(H2,15,20,21)/t11-/m1/s1. The number of benzene rings is 1. The van der Waals surface area contributed by atoms with E-state index in [1.54, 1.807) is 13.0 Å². The van der Waals surface area contributed by atoms with E-state index in [-0.39, 0.29) is 23.4 Å². The first kappa shape index (κ1) is 16.9. The molecule has 0 spiro atoms. The van der Waals surface area contributed by atoms with Gasteiger partial charge < -0.3 is 10.6 Å². The number of amides is 1. The van der Waals surface area contributed by atoms with Gasteiger partial charge in [0.25, 0.3) is 0 Å². The van der Waals surface area contributed by atoms with Crippen LogP contribution in [0.1, 0.15) is 12.5 Å². The van der Waals surface area contributed by atoms with Crippen LogP contribution in [0, 0.1) is 6.92 Å². The molecule has 1 aliphatic heterocycles. The smallest absolute Gasteiger partial charge is 0.238 e. The number of nitrogens with zero attached hydrogens (tertiary/aromatic N) is 1. The average Bonchev–Trinajstić information content (AvgIpc) is 2.42. The zero-order valence-corrected chi connectivity index (χ0v) is 13.6. The lowest BCUT2D eigenvalue weighted by molar-refractivity contribution is -0.118. The Balaban J connectivity index is 2.08. The average molecular weight is 326 g/mol. The van der Waals surface area contributed by atoms with Crippen molar-refractivity contribution < 1.29 is 13.2 Å². The number of carbonyl (C=O) groups excluding carboxylic acids is 1. The van der Waals surface area contributed by atoms with Crippen LogP contribution >= 0.6 is 0 Å². The maximum absolute atomic E-state index is 12.2. The molecule has 1 aromatic rings. The van der Waals surface area contributed by atoms with Gasteiger partial charge >= 0.3 is 0 Å². The number of piperazine rings is 1. The predicted octanol–water partition coefficient (Wildman–Crippen LogP) is -0.125. The Bertz CT molecular complexity index is 660. The number of hydrogen-bond acceptors (Lipinski definition) is 5. The van der Waals surface area contributed by atoms with E-state index in [4.69, 9.17) is 5.14 Å². The summed E-state index contributed by atoms with van der Waals surface area (Å²) in [6.45, 7) is 6.67. The largest absolute Gasteiger partial charge is 0.325 e. The molecule has 0 unspecified atom stereocenters. The molecule has 1 heterocycles. The van der Waals surface area contributed by atoms with Gasteiger partial charge in [0.1, 0.15) is 0 Å². The van der Waals surface area contributed by atoms with Gasteiger partial charge in [0, 0.05) is 31.4 Å². The molecule has 22 heavy (non-hydrogen) atoms. The van der Waals surface area contributed by atoms with E-state index >= 15 is 0 Å². The summed E-state index contributed by atoms with van der Waals surface area (Å²) >= 11 is 0. The Morgan fingerprint density at radius 1 is 1.50 bits per heavy atom. The highest BCUT2D eigenvalue weighted by Gasteiger charge is 2.20. The van der Waals surface area contributed by atoms with Crippen molar-refractivity contribution in [1.82, 2.24) is 10.2 Å². The Morgan fingerprint density at radius 2 is 2.23 bits per heavy atom. The normalized spacial score (nSPS) is 19.9. The minimum atomic E-state index is -3.78. The Hall–Kier alpha value is -1.48. The van der Waals surface area contributed by atoms with Crippen LogP contribution in [-0.2, 0) is 14.8 Å². The first-order chi connectivity index (χ1) is 10.3. The van der Waals surface area contributed by atoms with E-state index in [1.807, 2.05) is 0 Å². The minimum Gasteiger partial charge on any atom is -0.325 e.